The Kier molecular flexibility index (Phi) is 5.64. The largest absolute Gasteiger partial charge is 0.480 e. The number of urea groups is 1. The average molecular weight is 284 g/mol. The van der Waals surface area contributed by atoms with E-state index in [4.69, 9.17) is 5.11 Å². The van der Waals surface area contributed by atoms with Crippen molar-refractivity contribution in [2.24, 2.45) is 5.41 Å². The summed E-state index contributed by atoms with van der Waals surface area (Å²) in [5, 5.41) is 11.1. The van der Waals surface area contributed by atoms with Crippen LogP contribution in [0.1, 0.15) is 27.7 Å². The molecule has 5 nitrogen and oxygen atoms in total. The second-order valence-corrected chi connectivity index (χ2v) is 5.22. The zero-order valence-electron chi connectivity index (χ0n) is 11.3. The van der Waals surface area contributed by atoms with Crippen LogP contribution in [0.4, 0.5) is 18.0 Å². The minimum Gasteiger partial charge on any atom is -0.480 e. The first-order valence-corrected chi connectivity index (χ1v) is 5.73. The number of aliphatic carboxylic acids is 1. The van der Waals surface area contributed by atoms with Crippen molar-refractivity contribution >= 4 is 12.0 Å². The number of rotatable bonds is 4. The number of carbonyl (C=O) groups is 2. The molecule has 0 bridgehead atoms. The maximum Gasteiger partial charge on any atom is 0.406 e. The van der Waals surface area contributed by atoms with E-state index in [1.165, 1.54) is 6.92 Å². The lowest BCUT2D eigenvalue weighted by Crippen LogP contribution is -2.54. The summed E-state index contributed by atoms with van der Waals surface area (Å²) in [4.78, 5) is 23.2. The fourth-order valence-electron chi connectivity index (χ4n) is 1.41. The van der Waals surface area contributed by atoms with Crippen molar-refractivity contribution in [1.82, 2.24) is 10.2 Å². The van der Waals surface area contributed by atoms with Gasteiger partial charge in [0.1, 0.15) is 12.6 Å². The molecule has 0 spiro atoms. The number of nitrogens with one attached hydrogen (secondary N) is 1. The summed E-state index contributed by atoms with van der Waals surface area (Å²) >= 11 is 0. The highest BCUT2D eigenvalue weighted by Gasteiger charge is 2.36. The molecule has 0 heterocycles. The molecular formula is C11H19F3N2O3. The van der Waals surface area contributed by atoms with E-state index in [1.54, 1.807) is 20.8 Å². The lowest BCUT2D eigenvalue weighted by Gasteiger charge is -2.31. The van der Waals surface area contributed by atoms with Crippen LogP contribution in [-0.2, 0) is 4.79 Å². The van der Waals surface area contributed by atoms with Gasteiger partial charge < -0.3 is 15.3 Å². The van der Waals surface area contributed by atoms with Gasteiger partial charge in [-0.15, -0.1) is 0 Å². The molecule has 2 N–H and O–H groups in total. The first kappa shape index (κ1) is 17.5. The predicted octanol–water partition coefficient (Wildman–Crippen LogP) is 2.08. The Morgan fingerprint density at radius 2 is 1.74 bits per heavy atom. The molecule has 0 aliphatic rings. The van der Waals surface area contributed by atoms with Crippen molar-refractivity contribution in [3.05, 3.63) is 0 Å². The standard InChI is InChI=1S/C11H19F3N2O3/c1-5-16(6-11(12,13)14)9(19)15-7(8(17)18)10(2,3)4/h7H,5-6H2,1-4H3,(H,15,19)(H,17,18). The number of hydrogen-bond acceptors (Lipinski definition) is 2. The number of amides is 2. The molecule has 0 aromatic heterocycles. The van der Waals surface area contributed by atoms with E-state index in [9.17, 15) is 22.8 Å². The second kappa shape index (κ2) is 6.12. The SMILES string of the molecule is CCN(CC(F)(F)F)C(=O)NC(C(=O)O)C(C)(C)C. The van der Waals surface area contributed by atoms with Gasteiger partial charge in [-0.3, -0.25) is 0 Å². The lowest BCUT2D eigenvalue weighted by molar-refractivity contribution is -0.142. The van der Waals surface area contributed by atoms with E-state index in [2.05, 4.69) is 5.32 Å². The first-order valence-electron chi connectivity index (χ1n) is 5.73. The average Bonchev–Trinajstić information content (AvgIpc) is 2.18. The maximum absolute atomic E-state index is 12.2. The van der Waals surface area contributed by atoms with Crippen LogP contribution in [0.2, 0.25) is 0 Å². The van der Waals surface area contributed by atoms with E-state index in [1.807, 2.05) is 0 Å². The van der Waals surface area contributed by atoms with Crippen molar-refractivity contribution in [1.29, 1.82) is 0 Å². The number of nitrogens with zero attached hydrogens (tertiary/aromatic N) is 1. The van der Waals surface area contributed by atoms with Gasteiger partial charge in [0.15, 0.2) is 0 Å². The Bertz CT molecular complexity index is 337. The minimum atomic E-state index is -4.52. The zero-order chi connectivity index (χ0) is 15.4. The van der Waals surface area contributed by atoms with E-state index < -0.39 is 36.2 Å². The third-order valence-corrected chi connectivity index (χ3v) is 2.42. The van der Waals surface area contributed by atoms with Gasteiger partial charge >= 0.3 is 18.2 Å². The van der Waals surface area contributed by atoms with Crippen LogP contribution in [-0.4, -0.2) is 47.3 Å². The highest BCUT2D eigenvalue weighted by Crippen LogP contribution is 2.20. The van der Waals surface area contributed by atoms with Crippen molar-refractivity contribution in [3.8, 4) is 0 Å². The molecule has 2 amide bonds. The summed E-state index contributed by atoms with van der Waals surface area (Å²) in [6, 6.07) is -2.30. The van der Waals surface area contributed by atoms with Gasteiger partial charge in [0, 0.05) is 6.54 Å². The summed E-state index contributed by atoms with van der Waals surface area (Å²) in [7, 11) is 0. The summed E-state index contributed by atoms with van der Waals surface area (Å²) in [6.07, 6.45) is -4.52. The third-order valence-electron chi connectivity index (χ3n) is 2.42. The summed E-state index contributed by atoms with van der Waals surface area (Å²) < 4.78 is 36.7. The molecule has 0 rings (SSSR count). The highest BCUT2D eigenvalue weighted by atomic mass is 19.4. The lowest BCUT2D eigenvalue weighted by atomic mass is 9.87. The van der Waals surface area contributed by atoms with Crippen LogP contribution in [0.3, 0.4) is 0 Å². The molecule has 0 saturated carbocycles. The molecule has 0 aromatic carbocycles. The maximum atomic E-state index is 12.2. The Labute approximate surface area is 109 Å². The van der Waals surface area contributed by atoms with Crippen LogP contribution >= 0.6 is 0 Å². The van der Waals surface area contributed by atoms with Crippen LogP contribution < -0.4 is 5.32 Å². The van der Waals surface area contributed by atoms with Gasteiger partial charge in [0.2, 0.25) is 0 Å². The molecule has 0 fully saturated rings. The van der Waals surface area contributed by atoms with Crippen molar-refractivity contribution in [3.63, 3.8) is 0 Å². The molecule has 0 aliphatic heterocycles. The van der Waals surface area contributed by atoms with E-state index in [0.717, 1.165) is 0 Å². The van der Waals surface area contributed by atoms with Gasteiger partial charge in [-0.05, 0) is 12.3 Å². The number of hydrogen-bond donors (Lipinski definition) is 2. The smallest absolute Gasteiger partial charge is 0.406 e. The molecule has 0 aromatic rings. The number of alkyl halides is 3. The first-order chi connectivity index (χ1) is 8.38. The minimum absolute atomic E-state index is 0.165. The normalized spacial score (nSPS) is 13.8. The predicted molar refractivity (Wildman–Crippen MR) is 62.7 cm³/mol. The summed E-state index contributed by atoms with van der Waals surface area (Å²) in [5.74, 6) is -1.29. The molecule has 8 heteroatoms. The Morgan fingerprint density at radius 1 is 1.26 bits per heavy atom. The van der Waals surface area contributed by atoms with Gasteiger partial charge in [0.05, 0.1) is 0 Å². The molecular weight excluding hydrogens is 265 g/mol. The Balaban J connectivity index is 4.85. The molecule has 0 aliphatic carbocycles. The molecule has 1 atom stereocenters. The van der Waals surface area contributed by atoms with E-state index in [-0.39, 0.29) is 6.54 Å². The highest BCUT2D eigenvalue weighted by molar-refractivity contribution is 5.83. The number of carboxylic acid groups (broad SMARTS) is 1. The monoisotopic (exact) mass is 284 g/mol. The Morgan fingerprint density at radius 3 is 2.00 bits per heavy atom. The van der Waals surface area contributed by atoms with Crippen LogP contribution in [0.5, 0.6) is 0 Å². The zero-order valence-corrected chi connectivity index (χ0v) is 11.3. The number of carbonyl (C=O) groups excluding carboxylic acids is 1. The number of carboxylic acids is 1. The van der Waals surface area contributed by atoms with Gasteiger partial charge in [0.25, 0.3) is 0 Å². The second-order valence-electron chi connectivity index (χ2n) is 5.22. The van der Waals surface area contributed by atoms with Crippen molar-refractivity contribution in [2.75, 3.05) is 13.1 Å². The topological polar surface area (TPSA) is 69.6 Å². The quantitative estimate of drug-likeness (QED) is 0.830. The molecule has 0 saturated heterocycles. The molecule has 0 radical (unpaired) electrons. The van der Waals surface area contributed by atoms with Gasteiger partial charge in [-0.25, -0.2) is 9.59 Å². The van der Waals surface area contributed by atoms with Crippen LogP contribution in [0, 0.1) is 5.41 Å². The fourth-order valence-corrected chi connectivity index (χ4v) is 1.41. The molecule has 1 unspecified atom stereocenters. The number of halogens is 3. The Hall–Kier alpha value is -1.47. The molecule has 112 valence electrons. The third kappa shape index (κ3) is 6.30. The molecule has 19 heavy (non-hydrogen) atoms. The van der Waals surface area contributed by atoms with Gasteiger partial charge in [-0.1, -0.05) is 20.8 Å². The van der Waals surface area contributed by atoms with Gasteiger partial charge in [-0.2, -0.15) is 13.2 Å². The van der Waals surface area contributed by atoms with E-state index in [0.29, 0.717) is 4.90 Å². The van der Waals surface area contributed by atoms with E-state index >= 15 is 0 Å². The van der Waals surface area contributed by atoms with Crippen molar-refractivity contribution < 1.29 is 27.9 Å². The summed E-state index contributed by atoms with van der Waals surface area (Å²) in [5.41, 5.74) is -0.806. The summed E-state index contributed by atoms with van der Waals surface area (Å²) in [6.45, 7) is 4.54. The fraction of sp³-hybridized carbons (Fsp3) is 0.818. The van der Waals surface area contributed by atoms with Crippen LogP contribution in [0.15, 0.2) is 0 Å². The van der Waals surface area contributed by atoms with Crippen LogP contribution in [0.25, 0.3) is 0 Å². The van der Waals surface area contributed by atoms with Crippen molar-refractivity contribution in [2.45, 2.75) is 39.9 Å².